The fourth-order valence-electron chi connectivity index (χ4n) is 3.64. The Labute approximate surface area is 118 Å². The average molecular weight is 268 g/mol. The van der Waals surface area contributed by atoms with Gasteiger partial charge >= 0.3 is 0 Å². The molecule has 1 aliphatic carbocycles. The molecule has 112 valence electrons. The Hall–Kier alpha value is -0.120. The number of hydrogen-bond donors (Lipinski definition) is 2. The Bertz CT molecular complexity index is 247. The van der Waals surface area contributed by atoms with Gasteiger partial charge in [-0.05, 0) is 64.1 Å². The molecule has 0 aromatic rings. The molecular weight excluding hydrogens is 236 g/mol. The summed E-state index contributed by atoms with van der Waals surface area (Å²) in [4.78, 5) is 2.61. The van der Waals surface area contributed by atoms with E-state index in [1.807, 2.05) is 0 Å². The number of likely N-dealkylation sites (tertiary alicyclic amines) is 1. The third-order valence-electron chi connectivity index (χ3n) is 4.90. The van der Waals surface area contributed by atoms with Crippen LogP contribution in [-0.2, 0) is 0 Å². The summed E-state index contributed by atoms with van der Waals surface area (Å²) in [5.74, 6) is 0.503. The third kappa shape index (κ3) is 5.05. The fourth-order valence-corrected chi connectivity index (χ4v) is 3.64. The van der Waals surface area contributed by atoms with Crippen LogP contribution in [0.2, 0.25) is 0 Å². The van der Waals surface area contributed by atoms with Gasteiger partial charge in [-0.1, -0.05) is 19.8 Å². The zero-order chi connectivity index (χ0) is 13.5. The predicted molar refractivity (Wildman–Crippen MR) is 80.3 cm³/mol. The minimum Gasteiger partial charge on any atom is -0.393 e. The Kier molecular flexibility index (Phi) is 6.62. The second-order valence-corrected chi connectivity index (χ2v) is 6.49. The summed E-state index contributed by atoms with van der Waals surface area (Å²) in [6.07, 6.45) is 9.88. The molecule has 0 aromatic carbocycles. The quantitative estimate of drug-likeness (QED) is 0.803. The molecular formula is C16H32N2O. The highest BCUT2D eigenvalue weighted by Gasteiger charge is 2.24. The van der Waals surface area contributed by atoms with Crippen LogP contribution < -0.4 is 5.32 Å². The highest BCUT2D eigenvalue weighted by atomic mass is 16.3. The lowest BCUT2D eigenvalue weighted by Gasteiger charge is -2.29. The van der Waals surface area contributed by atoms with Crippen molar-refractivity contribution in [2.24, 2.45) is 5.92 Å². The normalized spacial score (nSPS) is 34.1. The minimum atomic E-state index is -0.0522. The van der Waals surface area contributed by atoms with E-state index >= 15 is 0 Å². The molecule has 2 aliphatic rings. The van der Waals surface area contributed by atoms with Gasteiger partial charge < -0.3 is 15.3 Å². The number of hydrogen-bond acceptors (Lipinski definition) is 3. The number of nitrogens with one attached hydrogen (secondary N) is 1. The van der Waals surface area contributed by atoms with E-state index in [-0.39, 0.29) is 6.10 Å². The molecule has 1 aliphatic heterocycles. The van der Waals surface area contributed by atoms with Crippen molar-refractivity contribution in [2.45, 2.75) is 70.4 Å². The lowest BCUT2D eigenvalue weighted by Crippen LogP contribution is -2.39. The minimum absolute atomic E-state index is 0.0522. The van der Waals surface area contributed by atoms with Gasteiger partial charge in [0.1, 0.15) is 0 Å². The van der Waals surface area contributed by atoms with E-state index in [1.54, 1.807) is 0 Å². The van der Waals surface area contributed by atoms with Crippen LogP contribution in [0.1, 0.15) is 58.3 Å². The zero-order valence-electron chi connectivity index (χ0n) is 12.6. The molecule has 3 atom stereocenters. The second kappa shape index (κ2) is 8.23. The summed E-state index contributed by atoms with van der Waals surface area (Å²) in [5.41, 5.74) is 0. The van der Waals surface area contributed by atoms with E-state index in [2.05, 4.69) is 17.1 Å². The first-order valence-corrected chi connectivity index (χ1v) is 8.43. The maximum atomic E-state index is 10.0. The Morgan fingerprint density at radius 1 is 1.05 bits per heavy atom. The maximum absolute atomic E-state index is 10.0. The number of aliphatic hydroxyl groups excluding tert-OH is 1. The molecule has 1 saturated carbocycles. The first kappa shape index (κ1) is 15.3. The first-order valence-electron chi connectivity index (χ1n) is 8.43. The highest BCUT2D eigenvalue weighted by molar-refractivity contribution is 4.80. The zero-order valence-corrected chi connectivity index (χ0v) is 12.6. The van der Waals surface area contributed by atoms with Crippen molar-refractivity contribution in [3.63, 3.8) is 0 Å². The molecule has 0 aromatic heterocycles. The van der Waals surface area contributed by atoms with Crippen LogP contribution in [-0.4, -0.2) is 48.3 Å². The number of aliphatic hydroxyl groups is 1. The molecule has 0 bridgehead atoms. The van der Waals surface area contributed by atoms with Gasteiger partial charge in [0.25, 0.3) is 0 Å². The van der Waals surface area contributed by atoms with E-state index in [1.165, 1.54) is 64.6 Å². The van der Waals surface area contributed by atoms with Gasteiger partial charge in [0.05, 0.1) is 6.10 Å². The molecule has 3 heteroatoms. The SMILES string of the molecule is CCCN1CCCC(NCC2CCCCC2O)CC1. The molecule has 2 fully saturated rings. The summed E-state index contributed by atoms with van der Waals surface area (Å²) in [7, 11) is 0. The van der Waals surface area contributed by atoms with Crippen LogP contribution in [0.3, 0.4) is 0 Å². The monoisotopic (exact) mass is 268 g/mol. The molecule has 19 heavy (non-hydrogen) atoms. The standard InChI is InChI=1S/C16H32N2O/c1-2-10-18-11-5-7-15(9-12-18)17-13-14-6-3-4-8-16(14)19/h14-17,19H,2-13H2,1H3. The van der Waals surface area contributed by atoms with Crippen molar-refractivity contribution in [2.75, 3.05) is 26.2 Å². The molecule has 1 saturated heterocycles. The summed E-state index contributed by atoms with van der Waals surface area (Å²) in [6, 6.07) is 0.677. The van der Waals surface area contributed by atoms with E-state index in [0.717, 1.165) is 13.0 Å². The Morgan fingerprint density at radius 2 is 1.89 bits per heavy atom. The van der Waals surface area contributed by atoms with Crippen LogP contribution in [0, 0.1) is 5.92 Å². The van der Waals surface area contributed by atoms with Crippen molar-refractivity contribution in [1.82, 2.24) is 10.2 Å². The van der Waals surface area contributed by atoms with Crippen molar-refractivity contribution in [3.8, 4) is 0 Å². The predicted octanol–water partition coefficient (Wildman–Crippen LogP) is 2.39. The van der Waals surface area contributed by atoms with Gasteiger partial charge in [0.2, 0.25) is 0 Å². The maximum Gasteiger partial charge on any atom is 0.0580 e. The topological polar surface area (TPSA) is 35.5 Å². The van der Waals surface area contributed by atoms with Crippen molar-refractivity contribution in [3.05, 3.63) is 0 Å². The van der Waals surface area contributed by atoms with Gasteiger partial charge in [-0.25, -0.2) is 0 Å². The molecule has 3 nitrogen and oxygen atoms in total. The van der Waals surface area contributed by atoms with Gasteiger partial charge in [0, 0.05) is 12.6 Å². The first-order chi connectivity index (χ1) is 9.29. The summed E-state index contributed by atoms with van der Waals surface area (Å²) >= 11 is 0. The Morgan fingerprint density at radius 3 is 2.68 bits per heavy atom. The number of nitrogens with zero attached hydrogens (tertiary/aromatic N) is 1. The van der Waals surface area contributed by atoms with Gasteiger partial charge in [-0.15, -0.1) is 0 Å². The molecule has 2 N–H and O–H groups in total. The highest BCUT2D eigenvalue weighted by Crippen LogP contribution is 2.24. The van der Waals surface area contributed by atoms with Crippen LogP contribution in [0.25, 0.3) is 0 Å². The Balaban J connectivity index is 1.68. The fraction of sp³-hybridized carbons (Fsp3) is 1.00. The van der Waals surface area contributed by atoms with Crippen molar-refractivity contribution < 1.29 is 5.11 Å². The smallest absolute Gasteiger partial charge is 0.0580 e. The lowest BCUT2D eigenvalue weighted by molar-refractivity contribution is 0.0678. The average Bonchev–Trinajstić information content (AvgIpc) is 2.64. The summed E-state index contributed by atoms with van der Waals surface area (Å²) in [6.45, 7) is 7.08. The summed E-state index contributed by atoms with van der Waals surface area (Å²) in [5, 5.41) is 13.8. The van der Waals surface area contributed by atoms with E-state index in [9.17, 15) is 5.11 Å². The van der Waals surface area contributed by atoms with Gasteiger partial charge in [-0.3, -0.25) is 0 Å². The third-order valence-corrected chi connectivity index (χ3v) is 4.90. The van der Waals surface area contributed by atoms with Crippen LogP contribution in [0.5, 0.6) is 0 Å². The summed E-state index contributed by atoms with van der Waals surface area (Å²) < 4.78 is 0. The van der Waals surface area contributed by atoms with Gasteiger partial charge in [0.15, 0.2) is 0 Å². The largest absolute Gasteiger partial charge is 0.393 e. The van der Waals surface area contributed by atoms with Gasteiger partial charge in [-0.2, -0.15) is 0 Å². The molecule has 0 spiro atoms. The van der Waals surface area contributed by atoms with Crippen LogP contribution >= 0.6 is 0 Å². The van der Waals surface area contributed by atoms with Crippen molar-refractivity contribution >= 4 is 0 Å². The van der Waals surface area contributed by atoms with E-state index in [4.69, 9.17) is 0 Å². The molecule has 2 rings (SSSR count). The van der Waals surface area contributed by atoms with E-state index in [0.29, 0.717) is 12.0 Å². The lowest BCUT2D eigenvalue weighted by atomic mass is 9.86. The second-order valence-electron chi connectivity index (χ2n) is 6.49. The van der Waals surface area contributed by atoms with Crippen LogP contribution in [0.15, 0.2) is 0 Å². The molecule has 0 amide bonds. The van der Waals surface area contributed by atoms with E-state index < -0.39 is 0 Å². The molecule has 0 radical (unpaired) electrons. The number of rotatable bonds is 5. The van der Waals surface area contributed by atoms with Crippen LogP contribution in [0.4, 0.5) is 0 Å². The van der Waals surface area contributed by atoms with Crippen molar-refractivity contribution in [1.29, 1.82) is 0 Å². The molecule has 3 unspecified atom stereocenters. The molecule has 1 heterocycles.